The van der Waals surface area contributed by atoms with Gasteiger partial charge in [0, 0.05) is 13.1 Å². The SMILES string of the molecule is COC(=O)c1cc(N2CCOCC2)c(F)cc1[N+](=O)[O-]. The number of nitro groups is 1. The summed E-state index contributed by atoms with van der Waals surface area (Å²) in [5, 5.41) is 10.9. The number of hydrogen-bond donors (Lipinski definition) is 0. The zero-order valence-electron chi connectivity index (χ0n) is 10.8. The van der Waals surface area contributed by atoms with Gasteiger partial charge in [-0.05, 0) is 6.07 Å². The van der Waals surface area contributed by atoms with Crippen LogP contribution in [-0.2, 0) is 9.47 Å². The summed E-state index contributed by atoms with van der Waals surface area (Å²) in [5.41, 5.74) is -0.731. The van der Waals surface area contributed by atoms with Gasteiger partial charge in [-0.25, -0.2) is 9.18 Å². The maximum atomic E-state index is 14.0. The van der Waals surface area contributed by atoms with Crippen molar-refractivity contribution in [2.24, 2.45) is 0 Å². The van der Waals surface area contributed by atoms with E-state index in [4.69, 9.17) is 4.74 Å². The zero-order chi connectivity index (χ0) is 14.7. The third kappa shape index (κ3) is 2.69. The lowest BCUT2D eigenvalue weighted by Crippen LogP contribution is -2.36. The standard InChI is InChI=1S/C12H13FN2O5/c1-19-12(16)8-6-11(14-2-4-20-5-3-14)9(13)7-10(8)15(17)18/h6-7H,2-5H2,1H3. The highest BCUT2D eigenvalue weighted by Crippen LogP contribution is 2.29. The zero-order valence-corrected chi connectivity index (χ0v) is 10.8. The summed E-state index contributed by atoms with van der Waals surface area (Å²) >= 11 is 0. The summed E-state index contributed by atoms with van der Waals surface area (Å²) in [6.07, 6.45) is 0. The monoisotopic (exact) mass is 284 g/mol. The molecule has 0 aromatic heterocycles. The Labute approximate surface area is 114 Å². The van der Waals surface area contributed by atoms with E-state index < -0.39 is 22.4 Å². The fourth-order valence-corrected chi connectivity index (χ4v) is 2.02. The Morgan fingerprint density at radius 2 is 2.10 bits per heavy atom. The Kier molecular flexibility index (Phi) is 4.14. The number of benzene rings is 1. The number of ether oxygens (including phenoxy) is 2. The van der Waals surface area contributed by atoms with Crippen molar-refractivity contribution >= 4 is 17.3 Å². The van der Waals surface area contributed by atoms with Crippen LogP contribution in [0.15, 0.2) is 12.1 Å². The maximum absolute atomic E-state index is 14.0. The highest BCUT2D eigenvalue weighted by molar-refractivity contribution is 5.95. The van der Waals surface area contributed by atoms with Crippen molar-refractivity contribution in [3.63, 3.8) is 0 Å². The molecule has 1 aliphatic heterocycles. The lowest BCUT2D eigenvalue weighted by molar-refractivity contribution is -0.385. The molecule has 0 bridgehead atoms. The Balaban J connectivity index is 2.48. The van der Waals surface area contributed by atoms with E-state index in [1.165, 1.54) is 0 Å². The van der Waals surface area contributed by atoms with Crippen molar-refractivity contribution in [1.82, 2.24) is 0 Å². The third-order valence-electron chi connectivity index (χ3n) is 3.02. The number of rotatable bonds is 3. The molecule has 1 heterocycles. The van der Waals surface area contributed by atoms with E-state index in [2.05, 4.69) is 4.74 Å². The van der Waals surface area contributed by atoms with Crippen LogP contribution in [0.3, 0.4) is 0 Å². The molecule has 0 aliphatic carbocycles. The number of methoxy groups -OCH3 is 1. The van der Waals surface area contributed by atoms with E-state index in [-0.39, 0.29) is 11.3 Å². The summed E-state index contributed by atoms with van der Waals surface area (Å²) in [5.74, 6) is -1.61. The molecule has 0 spiro atoms. The highest BCUT2D eigenvalue weighted by atomic mass is 19.1. The first-order valence-electron chi connectivity index (χ1n) is 5.93. The van der Waals surface area contributed by atoms with Gasteiger partial charge in [-0.2, -0.15) is 0 Å². The molecule has 0 unspecified atom stereocenters. The second kappa shape index (κ2) is 5.83. The molecule has 20 heavy (non-hydrogen) atoms. The number of hydrogen-bond acceptors (Lipinski definition) is 6. The average Bonchev–Trinajstić information content (AvgIpc) is 2.47. The fourth-order valence-electron chi connectivity index (χ4n) is 2.02. The first-order chi connectivity index (χ1) is 9.54. The van der Waals surface area contributed by atoms with Gasteiger partial charge in [-0.15, -0.1) is 0 Å². The number of nitro benzene ring substituents is 1. The first-order valence-corrected chi connectivity index (χ1v) is 5.93. The molecule has 0 atom stereocenters. The van der Waals surface area contributed by atoms with E-state index in [0.29, 0.717) is 26.3 Å². The predicted molar refractivity (Wildman–Crippen MR) is 67.4 cm³/mol. The molecule has 0 amide bonds. The van der Waals surface area contributed by atoms with Gasteiger partial charge in [0.25, 0.3) is 5.69 Å². The third-order valence-corrected chi connectivity index (χ3v) is 3.02. The molecule has 1 aliphatic rings. The van der Waals surface area contributed by atoms with Gasteiger partial charge in [0.05, 0.1) is 37.0 Å². The Bertz CT molecular complexity index is 543. The lowest BCUT2D eigenvalue weighted by Gasteiger charge is -2.29. The van der Waals surface area contributed by atoms with E-state index >= 15 is 0 Å². The number of esters is 1. The Morgan fingerprint density at radius 1 is 1.45 bits per heavy atom. The average molecular weight is 284 g/mol. The molecule has 7 nitrogen and oxygen atoms in total. The minimum absolute atomic E-state index is 0.138. The van der Waals surface area contributed by atoms with E-state index in [0.717, 1.165) is 19.2 Å². The van der Waals surface area contributed by atoms with Gasteiger partial charge >= 0.3 is 5.97 Å². The number of morpholine rings is 1. The van der Waals surface area contributed by atoms with Gasteiger partial charge in [0.2, 0.25) is 0 Å². The normalized spacial score (nSPS) is 15.0. The van der Waals surface area contributed by atoms with Crippen LogP contribution in [0.1, 0.15) is 10.4 Å². The van der Waals surface area contributed by atoms with Crippen molar-refractivity contribution in [2.75, 3.05) is 38.3 Å². The van der Waals surface area contributed by atoms with E-state index in [9.17, 15) is 19.3 Å². The summed E-state index contributed by atoms with van der Waals surface area (Å²) in [6.45, 7) is 1.78. The minimum atomic E-state index is -0.869. The van der Waals surface area contributed by atoms with E-state index in [1.54, 1.807) is 4.90 Å². The van der Waals surface area contributed by atoms with Gasteiger partial charge in [0.15, 0.2) is 5.82 Å². The molecular weight excluding hydrogens is 271 g/mol. The van der Waals surface area contributed by atoms with Crippen LogP contribution in [0, 0.1) is 15.9 Å². The van der Waals surface area contributed by atoms with Crippen molar-refractivity contribution in [3.05, 3.63) is 33.6 Å². The maximum Gasteiger partial charge on any atom is 0.344 e. The topological polar surface area (TPSA) is 81.9 Å². The first kappa shape index (κ1) is 14.2. The van der Waals surface area contributed by atoms with Crippen LogP contribution in [0.4, 0.5) is 15.8 Å². The fraction of sp³-hybridized carbons (Fsp3) is 0.417. The van der Waals surface area contributed by atoms with Gasteiger partial charge in [0.1, 0.15) is 5.56 Å². The second-order valence-electron chi connectivity index (χ2n) is 4.17. The van der Waals surface area contributed by atoms with Crippen molar-refractivity contribution in [3.8, 4) is 0 Å². The summed E-state index contributed by atoms with van der Waals surface area (Å²) in [6, 6.07) is 1.90. The summed E-state index contributed by atoms with van der Waals surface area (Å²) in [4.78, 5) is 23.3. The number of anilines is 1. The van der Waals surface area contributed by atoms with Crippen molar-refractivity contribution in [2.45, 2.75) is 0 Å². The lowest BCUT2D eigenvalue weighted by atomic mass is 10.1. The predicted octanol–water partition coefficient (Wildman–Crippen LogP) is 1.36. The molecule has 1 aromatic carbocycles. The molecule has 108 valence electrons. The molecule has 0 N–H and O–H groups in total. The van der Waals surface area contributed by atoms with Crippen molar-refractivity contribution in [1.29, 1.82) is 0 Å². The molecule has 1 fully saturated rings. The smallest absolute Gasteiger partial charge is 0.344 e. The number of halogens is 1. The quantitative estimate of drug-likeness (QED) is 0.473. The second-order valence-corrected chi connectivity index (χ2v) is 4.17. The van der Waals surface area contributed by atoms with Crippen molar-refractivity contribution < 1.29 is 23.6 Å². The molecule has 1 aromatic rings. The van der Waals surface area contributed by atoms with Crippen LogP contribution in [0.2, 0.25) is 0 Å². The number of carbonyl (C=O) groups is 1. The van der Waals surface area contributed by atoms with Gasteiger partial charge in [-0.1, -0.05) is 0 Å². The number of carbonyl (C=O) groups excluding carboxylic acids is 1. The molecule has 2 rings (SSSR count). The Hall–Kier alpha value is -2.22. The highest BCUT2D eigenvalue weighted by Gasteiger charge is 2.26. The van der Waals surface area contributed by atoms with Gasteiger partial charge < -0.3 is 14.4 Å². The molecule has 0 radical (unpaired) electrons. The van der Waals surface area contributed by atoms with Crippen LogP contribution < -0.4 is 4.90 Å². The number of nitrogens with zero attached hydrogens (tertiary/aromatic N) is 2. The molecule has 8 heteroatoms. The summed E-state index contributed by atoms with van der Waals surface area (Å²) < 4.78 is 23.7. The van der Waals surface area contributed by atoms with E-state index in [1.807, 2.05) is 0 Å². The van der Waals surface area contributed by atoms with Crippen LogP contribution in [0.25, 0.3) is 0 Å². The Morgan fingerprint density at radius 3 is 2.65 bits per heavy atom. The largest absolute Gasteiger partial charge is 0.465 e. The summed E-state index contributed by atoms with van der Waals surface area (Å²) in [7, 11) is 1.11. The van der Waals surface area contributed by atoms with Crippen LogP contribution in [0.5, 0.6) is 0 Å². The van der Waals surface area contributed by atoms with Crippen LogP contribution >= 0.6 is 0 Å². The molecular formula is C12H13FN2O5. The van der Waals surface area contributed by atoms with Gasteiger partial charge in [-0.3, -0.25) is 10.1 Å². The van der Waals surface area contributed by atoms with Crippen LogP contribution in [-0.4, -0.2) is 44.3 Å². The minimum Gasteiger partial charge on any atom is -0.465 e. The molecule has 1 saturated heterocycles. The molecule has 0 saturated carbocycles.